The highest BCUT2D eigenvalue weighted by Gasteiger charge is 2.42. The number of carbonyl (C=O) groups is 6. The van der Waals surface area contributed by atoms with E-state index < -0.39 is 58.0 Å². The van der Waals surface area contributed by atoms with Gasteiger partial charge in [0.1, 0.15) is 6.42 Å². The Hall–Kier alpha value is -4.73. The Labute approximate surface area is 312 Å². The molecule has 0 radical (unpaired) electrons. The average Bonchev–Trinajstić information content (AvgIpc) is 3.11. The third-order valence-corrected chi connectivity index (χ3v) is 11.3. The van der Waals surface area contributed by atoms with Crippen LogP contribution in [0.5, 0.6) is 0 Å². The third kappa shape index (κ3) is 8.65. The molecule has 2 fully saturated rings. The van der Waals surface area contributed by atoms with Crippen molar-refractivity contribution in [3.8, 4) is 0 Å². The number of rotatable bonds is 10. The molecule has 276 valence electrons. The summed E-state index contributed by atoms with van der Waals surface area (Å²) in [6.07, 6.45) is -0.836. The number of nitrogens with one attached hydrogen (secondary N) is 1. The molecule has 4 amide bonds. The van der Waals surface area contributed by atoms with E-state index in [2.05, 4.69) is 5.32 Å². The maximum Gasteiger partial charge on any atom is 0.334 e. The van der Waals surface area contributed by atoms with E-state index in [4.69, 9.17) is 23.2 Å². The van der Waals surface area contributed by atoms with Crippen LogP contribution in [0.15, 0.2) is 76.0 Å². The molecule has 17 heteroatoms. The van der Waals surface area contributed by atoms with Gasteiger partial charge in [0.15, 0.2) is 0 Å². The molecule has 0 spiro atoms. The number of hydrogen-bond donors (Lipinski definition) is 3. The number of hydrogen-bond acceptors (Lipinski definition) is 8. The van der Waals surface area contributed by atoms with Crippen molar-refractivity contribution >= 4 is 69.6 Å². The first-order valence-electron chi connectivity index (χ1n) is 16.4. The Balaban J connectivity index is 1.35. The van der Waals surface area contributed by atoms with Crippen molar-refractivity contribution in [2.75, 3.05) is 58.1 Å². The summed E-state index contributed by atoms with van der Waals surface area (Å²) in [7, 11) is -1.77. The van der Waals surface area contributed by atoms with Crippen LogP contribution in [-0.2, 0) is 39.6 Å². The van der Waals surface area contributed by atoms with Gasteiger partial charge in [-0.3, -0.25) is 23.4 Å². The normalized spacial score (nSPS) is 18.6. The Kier molecular flexibility index (Phi) is 12.4. The largest absolute Gasteiger partial charge is 0.478 e. The zero-order chi connectivity index (χ0) is 37.7. The molecule has 2 saturated heterocycles. The number of piperazine rings is 2. The quantitative estimate of drug-likeness (QED) is 0.303. The first kappa shape index (κ1) is 38.5. The van der Waals surface area contributed by atoms with Crippen LogP contribution in [0.2, 0.25) is 10.0 Å². The highest BCUT2D eigenvalue weighted by molar-refractivity contribution is 7.85. The van der Waals surface area contributed by atoms with Gasteiger partial charge in [-0.25, -0.2) is 9.59 Å². The molecule has 2 aromatic carbocycles. The molecule has 52 heavy (non-hydrogen) atoms. The molecule has 0 bridgehead atoms. The second-order valence-corrected chi connectivity index (χ2v) is 14.7. The molecule has 3 heterocycles. The first-order chi connectivity index (χ1) is 24.8. The lowest BCUT2D eigenvalue weighted by atomic mass is 9.79. The van der Waals surface area contributed by atoms with Gasteiger partial charge in [-0.05, 0) is 24.3 Å². The Morgan fingerprint density at radius 1 is 0.692 bits per heavy atom. The third-order valence-electron chi connectivity index (χ3n) is 9.25. The van der Waals surface area contributed by atoms with Gasteiger partial charge >= 0.3 is 11.9 Å². The van der Waals surface area contributed by atoms with Crippen molar-refractivity contribution in [2.45, 2.75) is 30.6 Å². The Bertz CT molecular complexity index is 1850. The predicted octanol–water partition coefficient (Wildman–Crippen LogP) is 2.31. The van der Waals surface area contributed by atoms with Crippen molar-refractivity contribution in [3.63, 3.8) is 0 Å². The van der Waals surface area contributed by atoms with Crippen LogP contribution in [0.1, 0.15) is 31.2 Å². The molecule has 3 aliphatic heterocycles. The van der Waals surface area contributed by atoms with Crippen LogP contribution in [0, 0.1) is 0 Å². The smallest absolute Gasteiger partial charge is 0.334 e. The van der Waals surface area contributed by atoms with E-state index in [9.17, 15) is 43.2 Å². The van der Waals surface area contributed by atoms with Crippen molar-refractivity contribution in [1.82, 2.24) is 24.9 Å². The van der Waals surface area contributed by atoms with Crippen molar-refractivity contribution < 1.29 is 43.2 Å². The van der Waals surface area contributed by atoms with Gasteiger partial charge in [-0.2, -0.15) is 0 Å². The summed E-state index contributed by atoms with van der Waals surface area (Å²) in [5.74, 6) is -6.18. The number of benzene rings is 2. The number of carbonyl (C=O) groups excluding carboxylic acids is 4. The topological polar surface area (TPSA) is 185 Å². The fraction of sp³-hybridized carbons (Fsp3) is 0.371. The molecule has 0 aromatic heterocycles. The molecule has 5 rings (SSSR count). The minimum atomic E-state index is -1.77. The van der Waals surface area contributed by atoms with Crippen LogP contribution in [0.3, 0.4) is 0 Å². The van der Waals surface area contributed by atoms with Gasteiger partial charge in [0.25, 0.3) is 0 Å². The SMILES string of the molecule is CC(=O)N1CCN(C(=O)CC(=O)N2CCN(C(=O)CC3=C(C(=O)O)C(c4c(Cl)cccc4Cl)C(C(=O)O)=C(CS(=O)c4ccccc4)N3)CC2)CC1. The lowest BCUT2D eigenvalue weighted by Gasteiger charge is -2.37. The summed E-state index contributed by atoms with van der Waals surface area (Å²) in [6, 6.07) is 12.7. The minimum absolute atomic E-state index is 0.00343. The minimum Gasteiger partial charge on any atom is -0.478 e. The van der Waals surface area contributed by atoms with Crippen LogP contribution < -0.4 is 5.32 Å². The Morgan fingerprint density at radius 3 is 1.63 bits per heavy atom. The second kappa shape index (κ2) is 16.7. The lowest BCUT2D eigenvalue weighted by molar-refractivity contribution is -0.146. The molecule has 0 saturated carbocycles. The van der Waals surface area contributed by atoms with Gasteiger partial charge in [-0.1, -0.05) is 47.5 Å². The van der Waals surface area contributed by atoms with Crippen molar-refractivity contribution in [1.29, 1.82) is 0 Å². The van der Waals surface area contributed by atoms with Crippen molar-refractivity contribution in [3.05, 3.63) is 86.7 Å². The summed E-state index contributed by atoms with van der Waals surface area (Å²) < 4.78 is 13.4. The fourth-order valence-electron chi connectivity index (χ4n) is 6.52. The molecule has 3 N–H and O–H groups in total. The van der Waals surface area contributed by atoms with Gasteiger partial charge in [-0.15, -0.1) is 0 Å². The maximum absolute atomic E-state index is 13.7. The second-order valence-electron chi connectivity index (χ2n) is 12.4. The molecular formula is C35H37Cl2N5O9S. The number of aliphatic carboxylic acids is 2. The first-order valence-corrected chi connectivity index (χ1v) is 18.5. The number of dihydropyridines is 1. The van der Waals surface area contributed by atoms with Crippen molar-refractivity contribution in [2.24, 2.45) is 0 Å². The van der Waals surface area contributed by atoms with E-state index in [1.807, 2.05) is 0 Å². The summed E-state index contributed by atoms with van der Waals surface area (Å²) in [4.78, 5) is 83.5. The summed E-state index contributed by atoms with van der Waals surface area (Å²) >= 11 is 13.0. The van der Waals surface area contributed by atoms with Gasteiger partial charge in [0.2, 0.25) is 23.6 Å². The summed E-state index contributed by atoms with van der Waals surface area (Å²) in [5, 5.41) is 23.8. The summed E-state index contributed by atoms with van der Waals surface area (Å²) in [5.41, 5.74) is -1.04. The van der Waals surface area contributed by atoms with E-state index in [-0.39, 0.29) is 77.2 Å². The number of nitrogens with zero attached hydrogens (tertiary/aromatic N) is 4. The van der Waals surface area contributed by atoms with E-state index in [1.165, 1.54) is 34.9 Å². The van der Waals surface area contributed by atoms with E-state index in [1.54, 1.807) is 40.1 Å². The van der Waals surface area contributed by atoms with Gasteiger partial charge in [0, 0.05) is 91.2 Å². The lowest BCUT2D eigenvalue weighted by Crippen LogP contribution is -2.53. The molecule has 14 nitrogen and oxygen atoms in total. The molecule has 2 unspecified atom stereocenters. The number of halogens is 2. The molecule has 3 aliphatic rings. The summed E-state index contributed by atoms with van der Waals surface area (Å²) in [6.45, 7) is 3.42. The van der Waals surface area contributed by atoms with Crippen LogP contribution in [0.4, 0.5) is 0 Å². The Morgan fingerprint density at radius 2 is 1.15 bits per heavy atom. The molecular weight excluding hydrogens is 737 g/mol. The monoisotopic (exact) mass is 773 g/mol. The number of amides is 4. The molecule has 2 atom stereocenters. The van der Waals surface area contributed by atoms with Crippen LogP contribution >= 0.6 is 23.2 Å². The predicted molar refractivity (Wildman–Crippen MR) is 191 cm³/mol. The van der Waals surface area contributed by atoms with Gasteiger partial charge in [0.05, 0.1) is 40.0 Å². The zero-order valence-corrected chi connectivity index (χ0v) is 30.5. The van der Waals surface area contributed by atoms with E-state index in [0.717, 1.165) is 0 Å². The fourth-order valence-corrected chi connectivity index (χ4v) is 8.25. The average molecular weight is 775 g/mol. The highest BCUT2D eigenvalue weighted by Crippen LogP contribution is 2.45. The molecule has 0 aliphatic carbocycles. The van der Waals surface area contributed by atoms with Crippen LogP contribution in [-0.4, -0.2) is 128 Å². The van der Waals surface area contributed by atoms with E-state index >= 15 is 0 Å². The maximum atomic E-state index is 13.7. The zero-order valence-electron chi connectivity index (χ0n) is 28.2. The van der Waals surface area contributed by atoms with Gasteiger partial charge < -0.3 is 35.1 Å². The number of carboxylic acids is 2. The molecule has 2 aromatic rings. The van der Waals surface area contributed by atoms with E-state index in [0.29, 0.717) is 31.1 Å². The number of carboxylic acid groups (broad SMARTS) is 2. The highest BCUT2D eigenvalue weighted by atomic mass is 35.5. The van der Waals surface area contributed by atoms with Crippen LogP contribution in [0.25, 0.3) is 0 Å². The standard InChI is InChI=1S/C35H37Cl2N5O9S/c1-21(43)39-10-12-41(13-11-39)28(45)19-29(46)42-16-14-40(15-17-42)27(44)18-25-31(34(47)48)33(30-23(36)8-5-9-24(30)37)32(35(49)50)26(38-25)20-52(51)22-6-3-2-4-7-22/h2-9,33,38H,10-20H2,1H3,(H,47,48)(H,49,50).